The van der Waals surface area contributed by atoms with Gasteiger partial charge in [-0.2, -0.15) is 0 Å². The van der Waals surface area contributed by atoms with Crippen molar-refractivity contribution in [1.29, 1.82) is 0 Å². The summed E-state index contributed by atoms with van der Waals surface area (Å²) in [6.45, 7) is -0.597. The Labute approximate surface area is 87.5 Å². The number of amides is 1. The molecule has 1 aliphatic rings. The molecule has 1 saturated carbocycles. The number of carboxylic acids is 1. The van der Waals surface area contributed by atoms with Gasteiger partial charge < -0.3 is 21.3 Å². The quantitative estimate of drug-likeness (QED) is 0.465. The molecule has 6 nitrogen and oxygen atoms in total. The molecule has 0 spiro atoms. The molecule has 1 fully saturated rings. The van der Waals surface area contributed by atoms with Crippen LogP contribution < -0.4 is 11.1 Å². The Morgan fingerprint density at radius 2 is 2.13 bits per heavy atom. The highest BCUT2D eigenvalue weighted by atomic mass is 16.4. The number of rotatable bonds is 4. The van der Waals surface area contributed by atoms with E-state index in [0.29, 0.717) is 12.8 Å². The van der Waals surface area contributed by atoms with Crippen molar-refractivity contribution in [3.05, 3.63) is 0 Å². The first kappa shape index (κ1) is 11.9. The molecule has 6 heteroatoms. The predicted molar refractivity (Wildman–Crippen MR) is 52.0 cm³/mol. The van der Waals surface area contributed by atoms with E-state index in [0.717, 1.165) is 6.42 Å². The molecule has 1 aliphatic carbocycles. The second-order valence-electron chi connectivity index (χ2n) is 3.85. The van der Waals surface area contributed by atoms with Crippen molar-refractivity contribution in [1.82, 2.24) is 5.32 Å². The highest BCUT2D eigenvalue weighted by Crippen LogP contribution is 2.24. The number of aliphatic carboxylic acids is 1. The summed E-state index contributed by atoms with van der Waals surface area (Å²) in [5.74, 6) is -1.77. The van der Waals surface area contributed by atoms with Crippen molar-refractivity contribution in [2.45, 2.75) is 31.3 Å². The highest BCUT2D eigenvalue weighted by Gasteiger charge is 2.30. The Morgan fingerprint density at radius 1 is 1.47 bits per heavy atom. The Morgan fingerprint density at radius 3 is 2.53 bits per heavy atom. The first-order chi connectivity index (χ1) is 7.04. The zero-order valence-electron chi connectivity index (χ0n) is 8.35. The molecule has 0 aliphatic heterocycles. The van der Waals surface area contributed by atoms with Gasteiger partial charge in [0.1, 0.15) is 6.04 Å². The van der Waals surface area contributed by atoms with Crippen LogP contribution in [-0.4, -0.2) is 40.8 Å². The molecule has 0 aromatic rings. The molecule has 0 aromatic carbocycles. The number of carbonyl (C=O) groups excluding carboxylic acids is 1. The normalized spacial score (nSPS) is 27.3. The van der Waals surface area contributed by atoms with Gasteiger partial charge in [-0.15, -0.1) is 0 Å². The van der Waals surface area contributed by atoms with E-state index >= 15 is 0 Å². The number of nitrogens with one attached hydrogen (secondary N) is 1. The van der Waals surface area contributed by atoms with Crippen molar-refractivity contribution in [3.63, 3.8) is 0 Å². The third-order valence-electron chi connectivity index (χ3n) is 2.64. The van der Waals surface area contributed by atoms with Crippen LogP contribution in [0.3, 0.4) is 0 Å². The Balaban J connectivity index is 2.44. The first-order valence-electron chi connectivity index (χ1n) is 4.94. The maximum Gasteiger partial charge on any atom is 0.328 e. The molecule has 0 saturated heterocycles. The molecule has 15 heavy (non-hydrogen) atoms. The third-order valence-corrected chi connectivity index (χ3v) is 2.64. The molecule has 0 bridgehead atoms. The van der Waals surface area contributed by atoms with E-state index in [9.17, 15) is 9.59 Å². The summed E-state index contributed by atoms with van der Waals surface area (Å²) in [6, 6.07) is -1.19. The fourth-order valence-corrected chi connectivity index (χ4v) is 1.73. The molecule has 0 aromatic heterocycles. The maximum atomic E-state index is 11.5. The van der Waals surface area contributed by atoms with Gasteiger partial charge in [-0.25, -0.2) is 4.79 Å². The third kappa shape index (κ3) is 3.17. The molecule has 0 radical (unpaired) electrons. The van der Waals surface area contributed by atoms with Crippen LogP contribution in [0, 0.1) is 5.92 Å². The van der Waals surface area contributed by atoms with Crippen LogP contribution in [0.15, 0.2) is 0 Å². The number of carboxylic acid groups (broad SMARTS) is 1. The molecule has 3 atom stereocenters. The van der Waals surface area contributed by atoms with Crippen LogP contribution in [0.1, 0.15) is 19.3 Å². The number of aliphatic hydroxyl groups excluding tert-OH is 1. The van der Waals surface area contributed by atoms with Crippen molar-refractivity contribution >= 4 is 11.9 Å². The molecule has 1 rings (SSSR count). The average molecular weight is 216 g/mol. The van der Waals surface area contributed by atoms with Crippen LogP contribution in [-0.2, 0) is 9.59 Å². The van der Waals surface area contributed by atoms with Gasteiger partial charge in [0.05, 0.1) is 6.61 Å². The minimum atomic E-state index is -1.23. The van der Waals surface area contributed by atoms with Gasteiger partial charge in [0.2, 0.25) is 5.91 Å². The van der Waals surface area contributed by atoms with E-state index in [-0.39, 0.29) is 17.9 Å². The van der Waals surface area contributed by atoms with Gasteiger partial charge in [0.15, 0.2) is 0 Å². The summed E-state index contributed by atoms with van der Waals surface area (Å²) in [7, 11) is 0. The lowest BCUT2D eigenvalue weighted by Crippen LogP contribution is -2.45. The second-order valence-corrected chi connectivity index (χ2v) is 3.85. The highest BCUT2D eigenvalue weighted by molar-refractivity contribution is 5.85. The number of hydrogen-bond acceptors (Lipinski definition) is 4. The average Bonchev–Trinajstić information content (AvgIpc) is 2.60. The lowest BCUT2D eigenvalue weighted by molar-refractivity contribution is -0.143. The lowest BCUT2D eigenvalue weighted by Gasteiger charge is -2.15. The van der Waals surface area contributed by atoms with Crippen LogP contribution in [0.5, 0.6) is 0 Å². The van der Waals surface area contributed by atoms with Crippen LogP contribution >= 0.6 is 0 Å². The van der Waals surface area contributed by atoms with Gasteiger partial charge in [-0.05, 0) is 19.3 Å². The maximum absolute atomic E-state index is 11.5. The van der Waals surface area contributed by atoms with E-state index in [1.54, 1.807) is 0 Å². The van der Waals surface area contributed by atoms with Crippen molar-refractivity contribution in [2.75, 3.05) is 6.61 Å². The van der Waals surface area contributed by atoms with E-state index in [1.807, 2.05) is 0 Å². The van der Waals surface area contributed by atoms with E-state index in [1.165, 1.54) is 0 Å². The molecule has 0 heterocycles. The molecule has 2 unspecified atom stereocenters. The summed E-state index contributed by atoms with van der Waals surface area (Å²) in [5, 5.41) is 19.6. The first-order valence-corrected chi connectivity index (χ1v) is 4.94. The minimum Gasteiger partial charge on any atom is -0.480 e. The predicted octanol–water partition coefficient (Wildman–Crippen LogP) is -1.32. The summed E-state index contributed by atoms with van der Waals surface area (Å²) in [4.78, 5) is 22.1. The number of nitrogens with two attached hydrogens (primary N) is 1. The molecule has 86 valence electrons. The summed E-state index contributed by atoms with van der Waals surface area (Å²) < 4.78 is 0. The van der Waals surface area contributed by atoms with Gasteiger partial charge >= 0.3 is 5.97 Å². The fraction of sp³-hybridized carbons (Fsp3) is 0.778. The van der Waals surface area contributed by atoms with Crippen LogP contribution in [0.25, 0.3) is 0 Å². The Bertz CT molecular complexity index is 256. The van der Waals surface area contributed by atoms with Gasteiger partial charge in [0, 0.05) is 12.0 Å². The number of hydrogen-bond donors (Lipinski definition) is 4. The molecular formula is C9H16N2O4. The summed E-state index contributed by atoms with van der Waals surface area (Å²) >= 11 is 0. The molecule has 5 N–H and O–H groups in total. The Hall–Kier alpha value is -1.14. The van der Waals surface area contributed by atoms with Gasteiger partial charge in [-0.1, -0.05) is 0 Å². The SMILES string of the molecule is NC1CCC(C(=O)N[C@@H](CO)C(=O)O)C1. The second kappa shape index (κ2) is 5.09. The number of aliphatic hydroxyl groups is 1. The lowest BCUT2D eigenvalue weighted by atomic mass is 10.1. The summed E-state index contributed by atoms with van der Waals surface area (Å²) in [6.07, 6.45) is 2.06. The molecule has 1 amide bonds. The van der Waals surface area contributed by atoms with E-state index in [2.05, 4.69) is 5.32 Å². The summed E-state index contributed by atoms with van der Waals surface area (Å²) in [5.41, 5.74) is 5.64. The van der Waals surface area contributed by atoms with Crippen molar-refractivity contribution in [2.24, 2.45) is 11.7 Å². The zero-order valence-corrected chi connectivity index (χ0v) is 8.35. The monoisotopic (exact) mass is 216 g/mol. The van der Waals surface area contributed by atoms with Crippen LogP contribution in [0.2, 0.25) is 0 Å². The smallest absolute Gasteiger partial charge is 0.328 e. The topological polar surface area (TPSA) is 113 Å². The minimum absolute atomic E-state index is 0.0261. The van der Waals surface area contributed by atoms with E-state index in [4.69, 9.17) is 15.9 Å². The van der Waals surface area contributed by atoms with E-state index < -0.39 is 18.6 Å². The molecular weight excluding hydrogens is 200 g/mol. The van der Waals surface area contributed by atoms with Gasteiger partial charge in [-0.3, -0.25) is 4.79 Å². The van der Waals surface area contributed by atoms with Crippen molar-refractivity contribution in [3.8, 4) is 0 Å². The number of carbonyl (C=O) groups is 2. The van der Waals surface area contributed by atoms with Gasteiger partial charge in [0.25, 0.3) is 0 Å². The Kier molecular flexibility index (Phi) is 4.05. The van der Waals surface area contributed by atoms with Crippen LogP contribution in [0.4, 0.5) is 0 Å². The largest absolute Gasteiger partial charge is 0.480 e. The van der Waals surface area contributed by atoms with Crippen molar-refractivity contribution < 1.29 is 19.8 Å². The fourth-order valence-electron chi connectivity index (χ4n) is 1.73. The standard InChI is InChI=1S/C9H16N2O4/c10-6-2-1-5(3-6)8(13)11-7(4-12)9(14)15/h5-7,12H,1-4,10H2,(H,11,13)(H,14,15)/t5?,6?,7-/m0/s1. The zero-order chi connectivity index (χ0) is 11.4.